The fourth-order valence-corrected chi connectivity index (χ4v) is 4.12. The van der Waals surface area contributed by atoms with E-state index in [1.54, 1.807) is 11.3 Å². The minimum Gasteiger partial charge on any atom is -0.311 e. The van der Waals surface area contributed by atoms with Crippen LogP contribution in [-0.2, 0) is 6.54 Å². The van der Waals surface area contributed by atoms with Crippen molar-refractivity contribution >= 4 is 11.3 Å². The molecule has 2 nitrogen and oxygen atoms in total. The van der Waals surface area contributed by atoms with Crippen molar-refractivity contribution in [3.8, 4) is 0 Å². The molecular formula is C13H20N2S. The van der Waals surface area contributed by atoms with Crippen LogP contribution in [0.4, 0.5) is 0 Å². The monoisotopic (exact) mass is 236 g/mol. The average Bonchev–Trinajstić information content (AvgIpc) is 3.01. The maximum atomic E-state index is 4.28. The van der Waals surface area contributed by atoms with Crippen LogP contribution >= 0.6 is 11.3 Å². The van der Waals surface area contributed by atoms with E-state index in [-0.39, 0.29) is 0 Å². The first-order valence-electron chi connectivity index (χ1n) is 6.49. The van der Waals surface area contributed by atoms with E-state index < -0.39 is 0 Å². The largest absolute Gasteiger partial charge is 0.311 e. The van der Waals surface area contributed by atoms with Crippen molar-refractivity contribution in [1.82, 2.24) is 10.3 Å². The standard InChI is InChI=1S/C13H20N2S/c1-2-11-5-10(1)6-12(11)3-4-14-7-13-8-16-9-15-13/h8-12,14H,1-7H2. The molecular weight excluding hydrogens is 216 g/mol. The Morgan fingerprint density at radius 2 is 2.38 bits per heavy atom. The van der Waals surface area contributed by atoms with Gasteiger partial charge in [-0.3, -0.25) is 0 Å². The number of hydrogen-bond acceptors (Lipinski definition) is 3. The topological polar surface area (TPSA) is 24.9 Å². The van der Waals surface area contributed by atoms with Gasteiger partial charge in [0.2, 0.25) is 0 Å². The van der Waals surface area contributed by atoms with Gasteiger partial charge in [-0.05, 0) is 50.0 Å². The summed E-state index contributed by atoms with van der Waals surface area (Å²) in [5.74, 6) is 3.20. The summed E-state index contributed by atoms with van der Waals surface area (Å²) in [5, 5.41) is 5.65. The second kappa shape index (κ2) is 4.84. The molecule has 0 saturated heterocycles. The SMILES string of the molecule is c1nc(CNCCC2CC3CCC2C3)cs1. The Morgan fingerprint density at radius 3 is 3.06 bits per heavy atom. The first kappa shape index (κ1) is 10.7. The summed E-state index contributed by atoms with van der Waals surface area (Å²) in [6.07, 6.45) is 7.47. The summed E-state index contributed by atoms with van der Waals surface area (Å²) in [7, 11) is 0. The Balaban J connectivity index is 1.35. The Labute approximate surface area is 101 Å². The van der Waals surface area contributed by atoms with Crippen molar-refractivity contribution in [1.29, 1.82) is 0 Å². The highest BCUT2D eigenvalue weighted by Crippen LogP contribution is 2.49. The summed E-state index contributed by atoms with van der Waals surface area (Å²) in [6, 6.07) is 0. The molecule has 2 bridgehead atoms. The summed E-state index contributed by atoms with van der Waals surface area (Å²) in [4.78, 5) is 4.28. The zero-order valence-electron chi connectivity index (χ0n) is 9.69. The summed E-state index contributed by atoms with van der Waals surface area (Å²) < 4.78 is 0. The van der Waals surface area contributed by atoms with E-state index in [0.717, 1.165) is 24.3 Å². The first-order valence-corrected chi connectivity index (χ1v) is 7.44. The van der Waals surface area contributed by atoms with E-state index in [9.17, 15) is 0 Å². The van der Waals surface area contributed by atoms with Gasteiger partial charge in [0, 0.05) is 11.9 Å². The minimum absolute atomic E-state index is 0.949. The lowest BCUT2D eigenvalue weighted by Crippen LogP contribution is -2.20. The van der Waals surface area contributed by atoms with Gasteiger partial charge in [0.15, 0.2) is 0 Å². The summed E-state index contributed by atoms with van der Waals surface area (Å²) in [5.41, 5.74) is 3.10. The molecule has 1 heterocycles. The highest BCUT2D eigenvalue weighted by molar-refractivity contribution is 7.07. The third-order valence-electron chi connectivity index (χ3n) is 4.37. The molecule has 2 fully saturated rings. The highest BCUT2D eigenvalue weighted by atomic mass is 32.1. The van der Waals surface area contributed by atoms with Gasteiger partial charge in [-0.15, -0.1) is 11.3 Å². The van der Waals surface area contributed by atoms with Crippen LogP contribution in [0.5, 0.6) is 0 Å². The number of nitrogens with one attached hydrogen (secondary N) is 1. The molecule has 2 aliphatic carbocycles. The van der Waals surface area contributed by atoms with E-state index in [4.69, 9.17) is 0 Å². The van der Waals surface area contributed by atoms with Crippen LogP contribution in [0.15, 0.2) is 10.9 Å². The maximum Gasteiger partial charge on any atom is 0.0795 e. The van der Waals surface area contributed by atoms with Crippen molar-refractivity contribution < 1.29 is 0 Å². The molecule has 0 amide bonds. The molecule has 88 valence electrons. The zero-order valence-corrected chi connectivity index (χ0v) is 10.5. The first-order chi connectivity index (χ1) is 7.92. The molecule has 3 unspecified atom stereocenters. The van der Waals surface area contributed by atoms with E-state index in [0.29, 0.717) is 0 Å². The molecule has 16 heavy (non-hydrogen) atoms. The van der Waals surface area contributed by atoms with Crippen molar-refractivity contribution in [2.24, 2.45) is 17.8 Å². The van der Waals surface area contributed by atoms with Crippen LogP contribution in [0.2, 0.25) is 0 Å². The average molecular weight is 236 g/mol. The number of thiazole rings is 1. The van der Waals surface area contributed by atoms with Crippen LogP contribution in [0.1, 0.15) is 37.8 Å². The predicted octanol–water partition coefficient (Wildman–Crippen LogP) is 3.06. The molecule has 2 saturated carbocycles. The molecule has 0 aromatic carbocycles. The van der Waals surface area contributed by atoms with Crippen molar-refractivity contribution in [2.75, 3.05) is 6.54 Å². The fourth-order valence-electron chi connectivity index (χ4n) is 3.56. The van der Waals surface area contributed by atoms with E-state index in [2.05, 4.69) is 15.7 Å². The van der Waals surface area contributed by atoms with Gasteiger partial charge < -0.3 is 5.32 Å². The normalized spacial score (nSPS) is 32.4. The lowest BCUT2D eigenvalue weighted by molar-refractivity contribution is 0.310. The molecule has 2 aliphatic rings. The van der Waals surface area contributed by atoms with Gasteiger partial charge in [0.1, 0.15) is 0 Å². The highest BCUT2D eigenvalue weighted by Gasteiger charge is 2.38. The van der Waals surface area contributed by atoms with Crippen LogP contribution < -0.4 is 5.32 Å². The van der Waals surface area contributed by atoms with Gasteiger partial charge in [0.25, 0.3) is 0 Å². The number of aromatic nitrogens is 1. The molecule has 1 aromatic heterocycles. The molecule has 1 aromatic rings. The van der Waals surface area contributed by atoms with Crippen molar-refractivity contribution in [2.45, 2.75) is 38.6 Å². The zero-order chi connectivity index (χ0) is 10.8. The van der Waals surface area contributed by atoms with Crippen LogP contribution in [0, 0.1) is 17.8 Å². The third-order valence-corrected chi connectivity index (χ3v) is 5.00. The second-order valence-electron chi connectivity index (χ2n) is 5.38. The number of rotatable bonds is 5. The fraction of sp³-hybridized carbons (Fsp3) is 0.769. The van der Waals surface area contributed by atoms with E-state index in [1.165, 1.54) is 44.3 Å². The number of fused-ring (bicyclic) bond motifs is 2. The van der Waals surface area contributed by atoms with E-state index >= 15 is 0 Å². The minimum atomic E-state index is 0.949. The lowest BCUT2D eigenvalue weighted by atomic mass is 9.86. The van der Waals surface area contributed by atoms with Crippen LogP contribution in [-0.4, -0.2) is 11.5 Å². The van der Waals surface area contributed by atoms with Crippen LogP contribution in [0.3, 0.4) is 0 Å². The molecule has 3 heteroatoms. The van der Waals surface area contributed by atoms with Crippen molar-refractivity contribution in [3.05, 3.63) is 16.6 Å². The molecule has 0 aliphatic heterocycles. The second-order valence-corrected chi connectivity index (χ2v) is 6.10. The number of hydrogen-bond donors (Lipinski definition) is 1. The van der Waals surface area contributed by atoms with E-state index in [1.807, 2.05) is 5.51 Å². The Hall–Kier alpha value is -0.410. The van der Waals surface area contributed by atoms with Gasteiger partial charge in [0.05, 0.1) is 11.2 Å². The van der Waals surface area contributed by atoms with Gasteiger partial charge in [-0.25, -0.2) is 4.98 Å². The van der Waals surface area contributed by atoms with Gasteiger partial charge in [-0.1, -0.05) is 6.42 Å². The molecule has 0 spiro atoms. The maximum absolute atomic E-state index is 4.28. The molecule has 3 rings (SSSR count). The Kier molecular flexibility index (Phi) is 3.25. The van der Waals surface area contributed by atoms with Crippen LogP contribution in [0.25, 0.3) is 0 Å². The smallest absolute Gasteiger partial charge is 0.0795 e. The van der Waals surface area contributed by atoms with Crippen molar-refractivity contribution in [3.63, 3.8) is 0 Å². The Bertz CT molecular complexity index is 323. The number of nitrogens with zero attached hydrogens (tertiary/aromatic N) is 1. The van der Waals surface area contributed by atoms with Gasteiger partial charge in [-0.2, -0.15) is 0 Å². The van der Waals surface area contributed by atoms with Gasteiger partial charge >= 0.3 is 0 Å². The summed E-state index contributed by atoms with van der Waals surface area (Å²) >= 11 is 1.68. The Morgan fingerprint density at radius 1 is 1.38 bits per heavy atom. The molecule has 0 radical (unpaired) electrons. The molecule has 3 atom stereocenters. The third kappa shape index (κ3) is 2.30. The lowest BCUT2D eigenvalue weighted by Gasteiger charge is -2.21. The summed E-state index contributed by atoms with van der Waals surface area (Å²) in [6.45, 7) is 2.12. The molecule has 1 N–H and O–H groups in total. The predicted molar refractivity (Wildman–Crippen MR) is 67.4 cm³/mol. The quantitative estimate of drug-likeness (QED) is 0.795.